The molecule has 0 heteroatoms. The van der Waals surface area contributed by atoms with E-state index in [2.05, 4.69) is 20.8 Å². The second-order valence-electron chi connectivity index (χ2n) is 9.98. The van der Waals surface area contributed by atoms with Crippen molar-refractivity contribution in [1.29, 1.82) is 0 Å². The lowest BCUT2D eigenvalue weighted by Gasteiger charge is -2.14. The van der Waals surface area contributed by atoms with Gasteiger partial charge in [-0.3, -0.25) is 0 Å². The van der Waals surface area contributed by atoms with Crippen molar-refractivity contribution in [2.45, 2.75) is 174 Å². The van der Waals surface area contributed by atoms with Gasteiger partial charge in [-0.05, 0) is 5.92 Å². The molecule has 0 aromatic carbocycles. The molecule has 0 heterocycles. The van der Waals surface area contributed by atoms with Crippen molar-refractivity contribution >= 4 is 0 Å². The summed E-state index contributed by atoms with van der Waals surface area (Å²) >= 11 is 0. The molecule has 0 bridgehead atoms. The molecule has 1 atom stereocenters. The molecule has 0 aromatic heterocycles. The number of hydrogen-bond donors (Lipinski definition) is 0. The van der Waals surface area contributed by atoms with Crippen molar-refractivity contribution < 1.29 is 0 Å². The highest BCUT2D eigenvalue weighted by molar-refractivity contribution is 4.59. The van der Waals surface area contributed by atoms with Gasteiger partial charge in [-0.25, -0.2) is 0 Å². The highest BCUT2D eigenvalue weighted by Gasteiger charge is 2.05. The molecule has 0 saturated heterocycles. The van der Waals surface area contributed by atoms with Crippen molar-refractivity contribution in [3.8, 4) is 0 Å². The van der Waals surface area contributed by atoms with Crippen LogP contribution in [0.3, 0.4) is 0 Å². The molecule has 1 unspecified atom stereocenters. The highest BCUT2D eigenvalue weighted by Crippen LogP contribution is 2.22. The van der Waals surface area contributed by atoms with Crippen LogP contribution in [-0.2, 0) is 0 Å². The zero-order valence-electron chi connectivity index (χ0n) is 21.4. The largest absolute Gasteiger partial charge is 0.0651 e. The minimum atomic E-state index is 1.01. The van der Waals surface area contributed by atoms with Gasteiger partial charge in [-0.2, -0.15) is 0 Å². The summed E-state index contributed by atoms with van der Waals surface area (Å²) in [7, 11) is 0. The fourth-order valence-corrected chi connectivity index (χ4v) is 4.78. The Kier molecular flexibility index (Phi) is 27.0. The molecule has 0 aliphatic heterocycles. The Balaban J connectivity index is 3.20. The number of rotatable bonds is 26. The average molecular weight is 421 g/mol. The Bertz CT molecular complexity index is 282. The lowest BCUT2D eigenvalue weighted by Crippen LogP contribution is -1.99. The van der Waals surface area contributed by atoms with Crippen LogP contribution in [0, 0.1) is 19.8 Å². The molecule has 0 saturated carbocycles. The summed E-state index contributed by atoms with van der Waals surface area (Å²) in [5.74, 6) is 1.01. The zero-order valence-corrected chi connectivity index (χ0v) is 21.4. The number of unbranched alkanes of at least 4 members (excludes halogenated alkanes) is 21. The summed E-state index contributed by atoms with van der Waals surface area (Å²) in [5, 5.41) is 0. The van der Waals surface area contributed by atoms with Crippen molar-refractivity contribution in [2.75, 3.05) is 0 Å². The Morgan fingerprint density at radius 2 is 0.600 bits per heavy atom. The van der Waals surface area contributed by atoms with E-state index in [0.29, 0.717) is 0 Å². The van der Waals surface area contributed by atoms with E-state index in [1.165, 1.54) is 154 Å². The average Bonchev–Trinajstić information content (AvgIpc) is 2.76. The van der Waals surface area contributed by atoms with Gasteiger partial charge in [-0.1, -0.05) is 188 Å². The molecular weight excluding hydrogens is 360 g/mol. The second-order valence-corrected chi connectivity index (χ2v) is 9.98. The van der Waals surface area contributed by atoms with E-state index < -0.39 is 0 Å². The summed E-state index contributed by atoms with van der Waals surface area (Å²) in [5.41, 5.74) is 0. The number of hydrogen-bond acceptors (Lipinski definition) is 0. The van der Waals surface area contributed by atoms with Gasteiger partial charge in [0, 0.05) is 0 Å². The fourth-order valence-electron chi connectivity index (χ4n) is 4.78. The maximum atomic E-state index is 3.94. The normalized spacial score (nSPS) is 12.5. The van der Waals surface area contributed by atoms with Crippen molar-refractivity contribution in [3.63, 3.8) is 0 Å². The van der Waals surface area contributed by atoms with E-state index in [1.54, 1.807) is 0 Å². The van der Waals surface area contributed by atoms with E-state index in [-0.39, 0.29) is 0 Å². The third kappa shape index (κ3) is 24.3. The van der Waals surface area contributed by atoms with E-state index in [1.807, 2.05) is 0 Å². The first-order valence-corrected chi connectivity index (χ1v) is 14.4. The van der Waals surface area contributed by atoms with Gasteiger partial charge in [0.25, 0.3) is 0 Å². The molecule has 30 heavy (non-hydrogen) atoms. The maximum Gasteiger partial charge on any atom is -0.0417 e. The van der Waals surface area contributed by atoms with Gasteiger partial charge in [0.1, 0.15) is 0 Å². The Hall–Kier alpha value is 0. The molecule has 0 nitrogen and oxygen atoms in total. The summed E-state index contributed by atoms with van der Waals surface area (Å²) in [4.78, 5) is 0. The van der Waals surface area contributed by atoms with Crippen LogP contribution >= 0.6 is 0 Å². The molecule has 2 radical (unpaired) electrons. The summed E-state index contributed by atoms with van der Waals surface area (Å²) in [6.45, 7) is 10.3. The van der Waals surface area contributed by atoms with Crippen LogP contribution < -0.4 is 0 Å². The molecular formula is C30H60. The minimum absolute atomic E-state index is 1.01. The molecule has 0 rings (SSSR count). The summed E-state index contributed by atoms with van der Waals surface area (Å²) in [6, 6.07) is 0. The molecule has 0 fully saturated rings. The third-order valence-corrected chi connectivity index (χ3v) is 7.05. The third-order valence-electron chi connectivity index (χ3n) is 7.05. The Labute approximate surface area is 193 Å². The van der Waals surface area contributed by atoms with Crippen LogP contribution in [0.2, 0.25) is 0 Å². The first kappa shape index (κ1) is 30.0. The van der Waals surface area contributed by atoms with Crippen LogP contribution in [0.4, 0.5) is 0 Å². The van der Waals surface area contributed by atoms with Gasteiger partial charge in [0.15, 0.2) is 0 Å². The van der Waals surface area contributed by atoms with Crippen molar-refractivity contribution in [2.24, 2.45) is 5.92 Å². The van der Waals surface area contributed by atoms with E-state index in [0.717, 1.165) is 18.8 Å². The van der Waals surface area contributed by atoms with Crippen LogP contribution in [0.15, 0.2) is 0 Å². The lowest BCUT2D eigenvalue weighted by atomic mass is 9.92. The van der Waals surface area contributed by atoms with Crippen LogP contribution in [0.25, 0.3) is 0 Å². The molecule has 0 aliphatic carbocycles. The minimum Gasteiger partial charge on any atom is -0.0651 e. The van der Waals surface area contributed by atoms with E-state index in [4.69, 9.17) is 0 Å². The fraction of sp³-hybridized carbons (Fsp3) is 0.933. The summed E-state index contributed by atoms with van der Waals surface area (Å²) < 4.78 is 0. The van der Waals surface area contributed by atoms with Crippen LogP contribution in [-0.4, -0.2) is 0 Å². The molecule has 0 aliphatic rings. The monoisotopic (exact) mass is 420 g/mol. The molecule has 0 N–H and O–H groups in total. The first-order valence-electron chi connectivity index (χ1n) is 14.4. The molecule has 0 spiro atoms. The second kappa shape index (κ2) is 27.0. The van der Waals surface area contributed by atoms with Crippen molar-refractivity contribution in [3.05, 3.63) is 13.8 Å². The van der Waals surface area contributed by atoms with Gasteiger partial charge < -0.3 is 0 Å². The van der Waals surface area contributed by atoms with E-state index >= 15 is 0 Å². The standard InChI is InChI=1S/C30H60/c1-4-7-9-11-13-14-15-16-17-18-19-20-21-22-23-25-27-29-30(6-3)28-26-24-12-10-8-5-2/h30H,1-2,4-29H2,3H3. The predicted molar refractivity (Wildman–Crippen MR) is 140 cm³/mol. The van der Waals surface area contributed by atoms with Crippen LogP contribution in [0.1, 0.15) is 174 Å². The Morgan fingerprint density at radius 1 is 0.367 bits per heavy atom. The van der Waals surface area contributed by atoms with Gasteiger partial charge in [-0.15, -0.1) is 0 Å². The predicted octanol–water partition coefficient (Wildman–Crippen LogP) is 11.4. The van der Waals surface area contributed by atoms with Crippen molar-refractivity contribution in [1.82, 2.24) is 0 Å². The first-order chi connectivity index (χ1) is 14.8. The van der Waals surface area contributed by atoms with Crippen LogP contribution in [0.5, 0.6) is 0 Å². The zero-order chi connectivity index (χ0) is 22.0. The maximum absolute atomic E-state index is 3.94. The molecule has 0 amide bonds. The lowest BCUT2D eigenvalue weighted by molar-refractivity contribution is 0.392. The smallest absolute Gasteiger partial charge is 0.0417 e. The quantitative estimate of drug-likeness (QED) is 0.122. The van der Waals surface area contributed by atoms with Gasteiger partial charge in [0.2, 0.25) is 0 Å². The molecule has 0 aromatic rings. The molecule has 180 valence electrons. The topological polar surface area (TPSA) is 0 Å². The Morgan fingerprint density at radius 3 is 0.833 bits per heavy atom. The van der Waals surface area contributed by atoms with E-state index in [9.17, 15) is 0 Å². The SMILES string of the molecule is [CH2]CCCCCCCCCCCCCCCCCCC(CC)CCCCCCC[CH2]. The van der Waals surface area contributed by atoms with Gasteiger partial charge >= 0.3 is 0 Å². The highest BCUT2D eigenvalue weighted by atomic mass is 14.1. The van der Waals surface area contributed by atoms with Gasteiger partial charge in [0.05, 0.1) is 0 Å². The summed E-state index contributed by atoms with van der Waals surface area (Å²) in [6.07, 6.45) is 37.1.